The van der Waals surface area contributed by atoms with Crippen LogP contribution in [0.15, 0.2) is 162 Å². The van der Waals surface area contributed by atoms with Gasteiger partial charge in [-0.3, -0.25) is 0 Å². The van der Waals surface area contributed by atoms with Crippen molar-refractivity contribution in [3.05, 3.63) is 191 Å². The highest BCUT2D eigenvalue weighted by atomic mass is 35.5. The third-order valence-electron chi connectivity index (χ3n) is 12.4. The van der Waals surface area contributed by atoms with E-state index in [0.717, 1.165) is 55.2 Å². The van der Waals surface area contributed by atoms with E-state index in [-0.39, 0.29) is 12.0 Å². The standard InChI is InChI=1S/C52H34ClN3O.C2H6/c1-29-11-3-5-13-36(29)37-23-21-32(25-30(37)2)33-19-20-34-28-45-42(27-35(34)26-33)47-40-16-8-7-15-39(40)46-41-17-9-10-18-44(41)56(49(46)50(47)57-45)52-51(53)54-43-24-22-31-12-4-6-14-38(31)48(43)55-52;1-2/h3-28,46,49H,1-2H3;1-2H3. The van der Waals surface area contributed by atoms with Crippen molar-refractivity contribution < 1.29 is 4.42 Å². The fourth-order valence-corrected chi connectivity index (χ4v) is 9.97. The molecule has 2 aromatic heterocycles. The molecule has 0 saturated heterocycles. The van der Waals surface area contributed by atoms with Crippen molar-refractivity contribution >= 4 is 66.7 Å². The minimum absolute atomic E-state index is 0.00144. The second-order valence-electron chi connectivity index (χ2n) is 15.5. The molecule has 1 aliphatic carbocycles. The van der Waals surface area contributed by atoms with Crippen LogP contribution in [0.1, 0.15) is 53.8 Å². The number of halogens is 1. The Labute approximate surface area is 348 Å². The lowest BCUT2D eigenvalue weighted by atomic mass is 9.76. The number of nitrogens with zero attached hydrogens (tertiary/aromatic N) is 3. The predicted molar refractivity (Wildman–Crippen MR) is 246 cm³/mol. The van der Waals surface area contributed by atoms with E-state index in [1.165, 1.54) is 55.5 Å². The van der Waals surface area contributed by atoms with E-state index in [4.69, 9.17) is 26.0 Å². The molecule has 10 aromatic rings. The molecule has 284 valence electrons. The van der Waals surface area contributed by atoms with Gasteiger partial charge in [0.05, 0.1) is 11.0 Å². The van der Waals surface area contributed by atoms with Crippen LogP contribution in [0, 0.1) is 13.8 Å². The first-order valence-corrected chi connectivity index (χ1v) is 20.9. The first-order chi connectivity index (χ1) is 29.0. The summed E-state index contributed by atoms with van der Waals surface area (Å²) in [6, 6.07) is 56.3. The van der Waals surface area contributed by atoms with E-state index in [1.807, 2.05) is 26.0 Å². The summed E-state index contributed by atoms with van der Waals surface area (Å²) in [5.41, 5.74) is 15.8. The number of aryl methyl sites for hydroxylation is 2. The maximum absolute atomic E-state index is 7.18. The minimum atomic E-state index is -0.229. The van der Waals surface area contributed by atoms with E-state index in [2.05, 4.69) is 164 Å². The van der Waals surface area contributed by atoms with Crippen LogP contribution in [0.4, 0.5) is 11.5 Å². The van der Waals surface area contributed by atoms with Gasteiger partial charge < -0.3 is 9.32 Å². The fourth-order valence-electron chi connectivity index (χ4n) is 9.74. The van der Waals surface area contributed by atoms with Crippen molar-refractivity contribution in [2.24, 2.45) is 0 Å². The van der Waals surface area contributed by atoms with Gasteiger partial charge in [0.2, 0.25) is 0 Å². The molecule has 5 heteroatoms. The monoisotopic (exact) mass is 781 g/mol. The number of hydrogen-bond donors (Lipinski definition) is 0. The third kappa shape index (κ3) is 5.36. The van der Waals surface area contributed by atoms with Crippen molar-refractivity contribution in [1.82, 2.24) is 9.97 Å². The number of anilines is 2. The van der Waals surface area contributed by atoms with Crippen LogP contribution >= 0.6 is 11.6 Å². The van der Waals surface area contributed by atoms with Crippen LogP contribution in [0.25, 0.3) is 76.9 Å². The first kappa shape index (κ1) is 35.4. The van der Waals surface area contributed by atoms with Gasteiger partial charge in [-0.2, -0.15) is 0 Å². The van der Waals surface area contributed by atoms with Gasteiger partial charge in [0.1, 0.15) is 17.4 Å². The van der Waals surface area contributed by atoms with Crippen molar-refractivity contribution in [3.63, 3.8) is 0 Å². The molecule has 0 saturated carbocycles. The third-order valence-corrected chi connectivity index (χ3v) is 12.6. The summed E-state index contributed by atoms with van der Waals surface area (Å²) in [6.45, 7) is 8.39. The van der Waals surface area contributed by atoms with E-state index in [9.17, 15) is 0 Å². The highest BCUT2D eigenvalue weighted by Gasteiger charge is 2.49. The minimum Gasteiger partial charge on any atom is -0.458 e. The molecule has 0 fully saturated rings. The largest absolute Gasteiger partial charge is 0.458 e. The van der Waals surface area contributed by atoms with Crippen molar-refractivity contribution in [2.75, 3.05) is 4.90 Å². The van der Waals surface area contributed by atoms with Crippen molar-refractivity contribution in [1.29, 1.82) is 0 Å². The molecule has 12 rings (SSSR count). The molecule has 2 atom stereocenters. The van der Waals surface area contributed by atoms with E-state index in [0.29, 0.717) is 11.0 Å². The highest BCUT2D eigenvalue weighted by molar-refractivity contribution is 6.32. The van der Waals surface area contributed by atoms with Gasteiger partial charge in [-0.15, -0.1) is 0 Å². The van der Waals surface area contributed by atoms with Crippen LogP contribution in [0.2, 0.25) is 5.15 Å². The molecule has 2 aliphatic rings. The number of fused-ring (bicyclic) bond motifs is 14. The molecule has 1 aliphatic heterocycles. The summed E-state index contributed by atoms with van der Waals surface area (Å²) in [7, 11) is 0. The topological polar surface area (TPSA) is 42.2 Å². The Bertz CT molecular complexity index is 3330. The quantitative estimate of drug-likeness (QED) is 0.167. The lowest BCUT2D eigenvalue weighted by Crippen LogP contribution is -2.26. The number of furan rings is 1. The molecule has 0 radical (unpaired) electrons. The summed E-state index contributed by atoms with van der Waals surface area (Å²) in [4.78, 5) is 12.6. The zero-order valence-electron chi connectivity index (χ0n) is 33.3. The van der Waals surface area contributed by atoms with Gasteiger partial charge in [0, 0.05) is 27.9 Å². The summed E-state index contributed by atoms with van der Waals surface area (Å²) in [5.74, 6) is 1.54. The zero-order chi connectivity index (χ0) is 39.9. The lowest BCUT2D eigenvalue weighted by molar-refractivity contribution is 0.474. The average molecular weight is 782 g/mol. The smallest absolute Gasteiger partial charge is 0.172 e. The van der Waals surface area contributed by atoms with Gasteiger partial charge in [0.25, 0.3) is 0 Å². The lowest BCUT2D eigenvalue weighted by Gasteiger charge is -2.33. The summed E-state index contributed by atoms with van der Waals surface area (Å²) < 4.78 is 7.11. The molecule has 2 unspecified atom stereocenters. The molecule has 0 spiro atoms. The summed E-state index contributed by atoms with van der Waals surface area (Å²) in [5, 5.41) is 5.94. The SMILES string of the molecule is CC.Cc1ccccc1-c1ccc(-c2ccc3cc4oc5c(c4cc3c2)-c2ccccc2C2c3ccccc3N(c3nc4c(ccc6ccccc64)nc3Cl)C52)cc1C. The predicted octanol–water partition coefficient (Wildman–Crippen LogP) is 15.3. The van der Waals surface area contributed by atoms with Crippen LogP contribution in [0.3, 0.4) is 0 Å². The Hall–Kier alpha value is -6.75. The highest BCUT2D eigenvalue weighted by Crippen LogP contribution is 2.62. The van der Waals surface area contributed by atoms with Crippen molar-refractivity contribution in [3.8, 4) is 33.4 Å². The normalized spacial score (nSPS) is 15.2. The summed E-state index contributed by atoms with van der Waals surface area (Å²) in [6.07, 6.45) is 0. The van der Waals surface area contributed by atoms with E-state index in [1.54, 1.807) is 0 Å². The zero-order valence-corrected chi connectivity index (χ0v) is 34.0. The Morgan fingerprint density at radius 2 is 1.25 bits per heavy atom. The molecule has 3 heterocycles. The number of benzene rings is 8. The van der Waals surface area contributed by atoms with E-state index >= 15 is 0 Å². The van der Waals surface area contributed by atoms with Crippen LogP contribution in [0.5, 0.6) is 0 Å². The Morgan fingerprint density at radius 1 is 0.559 bits per heavy atom. The Kier molecular flexibility index (Phi) is 8.21. The molecule has 4 nitrogen and oxygen atoms in total. The molecule has 0 bridgehead atoms. The Morgan fingerprint density at radius 3 is 2.10 bits per heavy atom. The van der Waals surface area contributed by atoms with E-state index < -0.39 is 0 Å². The van der Waals surface area contributed by atoms with Gasteiger partial charge >= 0.3 is 0 Å². The van der Waals surface area contributed by atoms with Gasteiger partial charge in [-0.05, 0) is 110 Å². The molecule has 8 aromatic carbocycles. The van der Waals surface area contributed by atoms with Gasteiger partial charge in [-0.25, -0.2) is 9.97 Å². The maximum Gasteiger partial charge on any atom is 0.172 e. The molecular formula is C54H40ClN3O. The molecule has 59 heavy (non-hydrogen) atoms. The Balaban J connectivity index is 0.00000196. The van der Waals surface area contributed by atoms with Crippen LogP contribution in [-0.4, -0.2) is 9.97 Å². The first-order valence-electron chi connectivity index (χ1n) is 20.5. The number of para-hydroxylation sites is 1. The number of aromatic nitrogens is 2. The second-order valence-corrected chi connectivity index (χ2v) is 15.9. The van der Waals surface area contributed by atoms with Crippen molar-refractivity contribution in [2.45, 2.75) is 39.7 Å². The number of hydrogen-bond acceptors (Lipinski definition) is 4. The van der Waals surface area contributed by atoms with Crippen LogP contribution in [-0.2, 0) is 0 Å². The van der Waals surface area contributed by atoms with Gasteiger partial charge in [0.15, 0.2) is 11.0 Å². The molecular weight excluding hydrogens is 742 g/mol. The average Bonchev–Trinajstić information content (AvgIpc) is 3.82. The molecule has 0 N–H and O–H groups in total. The maximum atomic E-state index is 7.18. The number of rotatable bonds is 3. The van der Waals surface area contributed by atoms with Crippen LogP contribution < -0.4 is 4.90 Å². The van der Waals surface area contributed by atoms with Gasteiger partial charge in [-0.1, -0.05) is 153 Å². The fraction of sp³-hybridized carbons (Fsp3) is 0.111. The second kappa shape index (κ2) is 13.7. The summed E-state index contributed by atoms with van der Waals surface area (Å²) >= 11 is 7.18. The molecule has 0 amide bonds.